The maximum Gasteiger partial charge on any atom is 0.220 e. The molecule has 1 amide bonds. The Morgan fingerprint density at radius 2 is 2.17 bits per heavy atom. The van der Waals surface area contributed by atoms with Crippen LogP contribution in [0, 0.1) is 12.8 Å². The number of hydrogen-bond donors (Lipinski definition) is 2. The molecule has 1 aliphatic heterocycles. The van der Waals surface area contributed by atoms with Crippen LogP contribution in [0.2, 0.25) is 5.02 Å². The van der Waals surface area contributed by atoms with E-state index in [1.807, 2.05) is 12.1 Å². The summed E-state index contributed by atoms with van der Waals surface area (Å²) in [5.41, 5.74) is 7.86. The molecule has 0 aliphatic carbocycles. The lowest BCUT2D eigenvalue weighted by Gasteiger charge is -2.21. The smallest absolute Gasteiger partial charge is 0.220 e. The Labute approximate surface area is 155 Å². The van der Waals surface area contributed by atoms with E-state index >= 15 is 0 Å². The van der Waals surface area contributed by atoms with Crippen LogP contribution < -0.4 is 16.0 Å². The SMILES string of the molecule is Cc1ccc(Cl)cc1N1CCC(CNC(=O)CCCN)C1.Cl.Cl. The molecule has 0 saturated carbocycles. The zero-order chi connectivity index (χ0) is 15.2. The summed E-state index contributed by atoms with van der Waals surface area (Å²) in [5.74, 6) is 0.614. The summed E-state index contributed by atoms with van der Waals surface area (Å²) in [7, 11) is 0. The summed E-state index contributed by atoms with van der Waals surface area (Å²) in [6, 6.07) is 6.00. The Balaban J connectivity index is 0.00000242. The summed E-state index contributed by atoms with van der Waals surface area (Å²) in [5, 5.41) is 3.78. The second kappa shape index (κ2) is 11.0. The fraction of sp³-hybridized carbons (Fsp3) is 0.562. The number of aryl methyl sites for hydroxylation is 1. The van der Waals surface area contributed by atoms with Crippen molar-refractivity contribution < 1.29 is 4.79 Å². The molecule has 0 bridgehead atoms. The number of nitrogens with zero attached hydrogens (tertiary/aromatic N) is 1. The average Bonchev–Trinajstić information content (AvgIpc) is 2.94. The van der Waals surface area contributed by atoms with E-state index in [0.717, 1.165) is 37.5 Å². The Morgan fingerprint density at radius 3 is 2.87 bits per heavy atom. The third kappa shape index (κ3) is 6.76. The van der Waals surface area contributed by atoms with E-state index in [9.17, 15) is 4.79 Å². The molecular weight excluding hydrogens is 357 g/mol. The maximum atomic E-state index is 11.6. The minimum absolute atomic E-state index is 0. The van der Waals surface area contributed by atoms with Gasteiger partial charge in [-0.2, -0.15) is 0 Å². The van der Waals surface area contributed by atoms with Gasteiger partial charge < -0.3 is 16.0 Å². The summed E-state index contributed by atoms with van der Waals surface area (Å²) in [6.07, 6.45) is 2.38. The quantitative estimate of drug-likeness (QED) is 0.794. The van der Waals surface area contributed by atoms with Gasteiger partial charge in [0.1, 0.15) is 0 Å². The monoisotopic (exact) mass is 381 g/mol. The molecule has 0 spiro atoms. The molecule has 1 heterocycles. The highest BCUT2D eigenvalue weighted by atomic mass is 35.5. The minimum atomic E-state index is 0. The first-order valence-corrected chi connectivity index (χ1v) is 7.96. The zero-order valence-corrected chi connectivity index (χ0v) is 15.8. The van der Waals surface area contributed by atoms with E-state index in [-0.39, 0.29) is 30.7 Å². The van der Waals surface area contributed by atoms with Crippen molar-refractivity contribution in [3.8, 4) is 0 Å². The van der Waals surface area contributed by atoms with Crippen LogP contribution in [0.15, 0.2) is 18.2 Å². The van der Waals surface area contributed by atoms with Crippen LogP contribution in [0.3, 0.4) is 0 Å². The number of hydrogen-bond acceptors (Lipinski definition) is 3. The molecule has 7 heteroatoms. The van der Waals surface area contributed by atoms with Gasteiger partial charge in [-0.3, -0.25) is 4.79 Å². The van der Waals surface area contributed by atoms with Crippen LogP contribution in [0.5, 0.6) is 0 Å². The van der Waals surface area contributed by atoms with Crippen LogP contribution in [-0.4, -0.2) is 32.1 Å². The third-order valence-corrected chi connectivity index (χ3v) is 4.23. The minimum Gasteiger partial charge on any atom is -0.371 e. The van der Waals surface area contributed by atoms with Gasteiger partial charge in [-0.25, -0.2) is 0 Å². The second-order valence-corrected chi connectivity index (χ2v) is 6.16. The van der Waals surface area contributed by atoms with E-state index < -0.39 is 0 Å². The van der Waals surface area contributed by atoms with Crippen molar-refractivity contribution >= 4 is 48.0 Å². The molecule has 0 radical (unpaired) electrons. The first kappa shape index (κ1) is 22.3. The lowest BCUT2D eigenvalue weighted by Crippen LogP contribution is -2.31. The average molecular weight is 383 g/mol. The highest BCUT2D eigenvalue weighted by Gasteiger charge is 2.24. The number of benzene rings is 1. The van der Waals surface area contributed by atoms with Gasteiger partial charge in [0.2, 0.25) is 5.91 Å². The van der Waals surface area contributed by atoms with E-state index in [1.165, 1.54) is 11.3 Å². The molecule has 1 aliphatic rings. The van der Waals surface area contributed by atoms with Gasteiger partial charge in [-0.05, 0) is 49.9 Å². The van der Waals surface area contributed by atoms with Gasteiger partial charge in [0.05, 0.1) is 0 Å². The summed E-state index contributed by atoms with van der Waals surface area (Å²) in [6.45, 7) is 5.41. The van der Waals surface area contributed by atoms with Gasteiger partial charge in [0, 0.05) is 36.8 Å². The second-order valence-electron chi connectivity index (χ2n) is 5.73. The van der Waals surface area contributed by atoms with E-state index in [2.05, 4.69) is 23.2 Å². The van der Waals surface area contributed by atoms with E-state index in [4.69, 9.17) is 17.3 Å². The predicted molar refractivity (Wildman–Crippen MR) is 102 cm³/mol. The molecule has 1 atom stereocenters. The largest absolute Gasteiger partial charge is 0.371 e. The van der Waals surface area contributed by atoms with Crippen LogP contribution in [-0.2, 0) is 4.79 Å². The van der Waals surface area contributed by atoms with Crippen LogP contribution in [0.4, 0.5) is 5.69 Å². The summed E-state index contributed by atoms with van der Waals surface area (Å²) >= 11 is 6.09. The molecule has 0 aromatic heterocycles. The number of nitrogens with one attached hydrogen (secondary N) is 1. The number of amides is 1. The predicted octanol–water partition coefficient (Wildman–Crippen LogP) is 3.17. The molecule has 1 aromatic carbocycles. The molecule has 1 unspecified atom stereocenters. The Morgan fingerprint density at radius 1 is 1.43 bits per heavy atom. The molecule has 3 N–H and O–H groups in total. The molecule has 1 fully saturated rings. The van der Waals surface area contributed by atoms with Crippen molar-refractivity contribution in [2.45, 2.75) is 26.2 Å². The van der Waals surface area contributed by atoms with Crippen LogP contribution in [0.25, 0.3) is 0 Å². The van der Waals surface area contributed by atoms with Crippen molar-refractivity contribution in [2.24, 2.45) is 11.7 Å². The lowest BCUT2D eigenvalue weighted by molar-refractivity contribution is -0.121. The molecule has 1 saturated heterocycles. The third-order valence-electron chi connectivity index (χ3n) is 3.99. The van der Waals surface area contributed by atoms with Crippen molar-refractivity contribution in [3.05, 3.63) is 28.8 Å². The fourth-order valence-electron chi connectivity index (χ4n) is 2.75. The summed E-state index contributed by atoms with van der Waals surface area (Å²) in [4.78, 5) is 14.0. The van der Waals surface area contributed by atoms with Crippen molar-refractivity contribution in [1.82, 2.24) is 5.32 Å². The topological polar surface area (TPSA) is 58.4 Å². The van der Waals surface area contributed by atoms with Crippen molar-refractivity contribution in [1.29, 1.82) is 0 Å². The maximum absolute atomic E-state index is 11.6. The number of rotatable bonds is 6. The van der Waals surface area contributed by atoms with Gasteiger partial charge in [0.25, 0.3) is 0 Å². The lowest BCUT2D eigenvalue weighted by atomic mass is 10.1. The van der Waals surface area contributed by atoms with E-state index in [1.54, 1.807) is 0 Å². The number of halogens is 3. The highest BCUT2D eigenvalue weighted by molar-refractivity contribution is 6.30. The van der Waals surface area contributed by atoms with Gasteiger partial charge in [0.15, 0.2) is 0 Å². The van der Waals surface area contributed by atoms with Crippen molar-refractivity contribution in [3.63, 3.8) is 0 Å². The number of anilines is 1. The van der Waals surface area contributed by atoms with Gasteiger partial charge >= 0.3 is 0 Å². The van der Waals surface area contributed by atoms with Crippen LogP contribution >= 0.6 is 36.4 Å². The van der Waals surface area contributed by atoms with Crippen LogP contribution in [0.1, 0.15) is 24.8 Å². The first-order valence-electron chi connectivity index (χ1n) is 7.58. The standard InChI is InChI=1S/C16H24ClN3O.2ClH/c1-12-4-5-14(17)9-15(12)20-8-6-13(11-20)10-19-16(21)3-2-7-18;;/h4-5,9,13H,2-3,6-8,10-11,18H2,1H3,(H,19,21);2*1H. The Hall–Kier alpha value is -0.680. The number of carbonyl (C=O) groups is 1. The molecule has 2 rings (SSSR count). The number of nitrogens with two attached hydrogens (primary N) is 1. The molecule has 4 nitrogen and oxygen atoms in total. The Kier molecular flexibility index (Phi) is 10.7. The van der Waals surface area contributed by atoms with Crippen molar-refractivity contribution in [2.75, 3.05) is 31.1 Å². The zero-order valence-electron chi connectivity index (χ0n) is 13.4. The molecule has 1 aromatic rings. The molecular formula is C16H26Cl3N3O. The normalized spacial score (nSPS) is 16.5. The molecule has 23 heavy (non-hydrogen) atoms. The van der Waals surface area contributed by atoms with Gasteiger partial charge in [-0.15, -0.1) is 24.8 Å². The first-order chi connectivity index (χ1) is 10.1. The number of carbonyl (C=O) groups excluding carboxylic acids is 1. The fourth-order valence-corrected chi connectivity index (χ4v) is 2.92. The van der Waals surface area contributed by atoms with E-state index in [0.29, 0.717) is 18.9 Å². The Bertz CT molecular complexity index is 499. The highest BCUT2D eigenvalue weighted by Crippen LogP contribution is 2.29. The molecule has 132 valence electrons. The summed E-state index contributed by atoms with van der Waals surface area (Å²) < 4.78 is 0. The van der Waals surface area contributed by atoms with Gasteiger partial charge in [-0.1, -0.05) is 17.7 Å².